The Morgan fingerprint density at radius 1 is 1.11 bits per heavy atom. The molecule has 1 aliphatic rings. The van der Waals surface area contributed by atoms with Crippen LogP contribution in [0.1, 0.15) is 63.4 Å². The normalized spacial score (nSPS) is 15.5. The number of nitrogens with one attached hydrogen (secondary N) is 1. The highest BCUT2D eigenvalue weighted by Crippen LogP contribution is 2.34. The average molecular weight is 376 g/mol. The number of aryl methyl sites for hydroxylation is 3. The predicted octanol–water partition coefficient (Wildman–Crippen LogP) is 4.06. The SMILES string of the molecule is Cc1cc(C)c(NC(=O)c2cnn3c4c(cnc23)C(=O)CC(C)(C)C4)c(C)c1. The molecule has 0 spiro atoms. The largest absolute Gasteiger partial charge is 0.321 e. The summed E-state index contributed by atoms with van der Waals surface area (Å²) in [5.74, 6) is -0.174. The first-order chi connectivity index (χ1) is 13.2. The van der Waals surface area contributed by atoms with Gasteiger partial charge in [0.2, 0.25) is 0 Å². The summed E-state index contributed by atoms with van der Waals surface area (Å²) >= 11 is 0. The number of hydrogen-bond acceptors (Lipinski definition) is 4. The van der Waals surface area contributed by atoms with Gasteiger partial charge in [-0.25, -0.2) is 9.50 Å². The maximum Gasteiger partial charge on any atom is 0.261 e. The van der Waals surface area contributed by atoms with Crippen molar-refractivity contribution in [3.63, 3.8) is 0 Å². The van der Waals surface area contributed by atoms with Crippen LogP contribution in [0.3, 0.4) is 0 Å². The number of ketones is 1. The van der Waals surface area contributed by atoms with E-state index in [1.807, 2.05) is 32.9 Å². The molecule has 1 amide bonds. The molecule has 6 heteroatoms. The average Bonchev–Trinajstić information content (AvgIpc) is 3.01. The van der Waals surface area contributed by atoms with E-state index in [1.165, 1.54) is 6.20 Å². The number of rotatable bonds is 2. The Hall–Kier alpha value is -3.02. The fraction of sp³-hybridized carbons (Fsp3) is 0.364. The molecule has 0 atom stereocenters. The number of Topliss-reactive ketones (excluding diaryl/α,β-unsaturated/α-hetero) is 1. The van der Waals surface area contributed by atoms with Crippen molar-refractivity contribution in [2.24, 2.45) is 5.41 Å². The molecule has 6 nitrogen and oxygen atoms in total. The second-order valence-electron chi connectivity index (χ2n) is 8.58. The van der Waals surface area contributed by atoms with E-state index >= 15 is 0 Å². The standard InChI is InChI=1S/C22H24N4O2/c1-12-6-13(2)19(14(3)7-12)25-21(28)16-11-24-26-17-8-22(4,5)9-18(27)15(17)10-23-20(16)26/h6-7,10-11H,8-9H2,1-5H3,(H,25,28). The van der Waals surface area contributed by atoms with Gasteiger partial charge in [-0.15, -0.1) is 0 Å². The third-order valence-electron chi connectivity index (χ3n) is 5.37. The number of amides is 1. The van der Waals surface area contributed by atoms with E-state index in [0.717, 1.165) is 28.1 Å². The second kappa shape index (κ2) is 6.26. The monoisotopic (exact) mass is 376 g/mol. The van der Waals surface area contributed by atoms with Gasteiger partial charge in [0.05, 0.1) is 17.5 Å². The maximum atomic E-state index is 13.0. The van der Waals surface area contributed by atoms with Crippen LogP contribution in [0, 0.1) is 26.2 Å². The molecule has 0 radical (unpaired) electrons. The van der Waals surface area contributed by atoms with Gasteiger partial charge >= 0.3 is 0 Å². The van der Waals surface area contributed by atoms with Crippen LogP contribution < -0.4 is 5.32 Å². The van der Waals surface area contributed by atoms with Crippen LogP contribution >= 0.6 is 0 Å². The molecule has 0 saturated carbocycles. The molecule has 4 rings (SSSR count). The number of carbonyl (C=O) groups excluding carboxylic acids is 2. The van der Waals surface area contributed by atoms with Gasteiger partial charge in [0.1, 0.15) is 5.56 Å². The number of nitrogens with zero attached hydrogens (tertiary/aromatic N) is 3. The van der Waals surface area contributed by atoms with E-state index in [4.69, 9.17) is 0 Å². The van der Waals surface area contributed by atoms with Gasteiger partial charge in [0, 0.05) is 18.3 Å². The Morgan fingerprint density at radius 3 is 2.46 bits per heavy atom. The Morgan fingerprint density at radius 2 is 1.79 bits per heavy atom. The molecule has 0 fully saturated rings. The van der Waals surface area contributed by atoms with Crippen LogP contribution in [-0.4, -0.2) is 26.3 Å². The molecule has 0 saturated heterocycles. The molecule has 0 aliphatic heterocycles. The first-order valence-corrected chi connectivity index (χ1v) is 9.44. The number of hydrogen-bond donors (Lipinski definition) is 1. The summed E-state index contributed by atoms with van der Waals surface area (Å²) in [7, 11) is 0. The minimum absolute atomic E-state index is 0.0769. The second-order valence-corrected chi connectivity index (χ2v) is 8.58. The molecule has 1 aromatic carbocycles. The molecule has 2 aromatic heterocycles. The van der Waals surface area contributed by atoms with Gasteiger partial charge in [0.15, 0.2) is 11.4 Å². The lowest BCUT2D eigenvalue weighted by Gasteiger charge is -2.29. The Kier molecular flexibility index (Phi) is 4.10. The Balaban J connectivity index is 1.75. The number of benzene rings is 1. The van der Waals surface area contributed by atoms with E-state index in [0.29, 0.717) is 29.6 Å². The fourth-order valence-corrected chi connectivity index (χ4v) is 4.14. The van der Waals surface area contributed by atoms with Crippen molar-refractivity contribution in [1.82, 2.24) is 14.6 Å². The predicted molar refractivity (Wildman–Crippen MR) is 108 cm³/mol. The van der Waals surface area contributed by atoms with Crippen LogP contribution in [0.4, 0.5) is 5.69 Å². The summed E-state index contributed by atoms with van der Waals surface area (Å²) in [6, 6.07) is 4.09. The van der Waals surface area contributed by atoms with Crippen LogP contribution in [-0.2, 0) is 6.42 Å². The van der Waals surface area contributed by atoms with Gasteiger partial charge in [-0.1, -0.05) is 31.5 Å². The van der Waals surface area contributed by atoms with Gasteiger partial charge in [0.25, 0.3) is 5.91 Å². The molecule has 3 aromatic rings. The zero-order chi connectivity index (χ0) is 20.2. The molecule has 0 unspecified atom stereocenters. The molecule has 28 heavy (non-hydrogen) atoms. The van der Waals surface area contributed by atoms with Gasteiger partial charge in [-0.2, -0.15) is 5.10 Å². The fourth-order valence-electron chi connectivity index (χ4n) is 4.14. The zero-order valence-electron chi connectivity index (χ0n) is 16.9. The lowest BCUT2D eigenvalue weighted by atomic mass is 9.76. The summed E-state index contributed by atoms with van der Waals surface area (Å²) in [5.41, 5.74) is 6.17. The number of aromatic nitrogens is 3. The molecule has 2 heterocycles. The first kappa shape index (κ1) is 18.3. The Bertz CT molecular complexity index is 1120. The number of fused-ring (bicyclic) bond motifs is 3. The van der Waals surface area contributed by atoms with Gasteiger partial charge in [-0.05, 0) is 43.7 Å². The molecule has 1 aliphatic carbocycles. The molecular weight excluding hydrogens is 352 g/mol. The summed E-state index contributed by atoms with van der Waals surface area (Å²) < 4.78 is 1.65. The van der Waals surface area contributed by atoms with Crippen molar-refractivity contribution in [2.45, 2.75) is 47.5 Å². The van der Waals surface area contributed by atoms with Crippen molar-refractivity contribution < 1.29 is 9.59 Å². The van der Waals surface area contributed by atoms with Gasteiger partial charge < -0.3 is 5.32 Å². The van der Waals surface area contributed by atoms with Crippen molar-refractivity contribution in [1.29, 1.82) is 0 Å². The van der Waals surface area contributed by atoms with E-state index in [1.54, 1.807) is 10.7 Å². The summed E-state index contributed by atoms with van der Waals surface area (Å²) in [5, 5.41) is 7.40. The topological polar surface area (TPSA) is 76.4 Å². The molecule has 1 N–H and O–H groups in total. The third kappa shape index (κ3) is 2.99. The van der Waals surface area contributed by atoms with Gasteiger partial charge in [-0.3, -0.25) is 9.59 Å². The zero-order valence-corrected chi connectivity index (χ0v) is 16.9. The smallest absolute Gasteiger partial charge is 0.261 e. The molecule has 0 bridgehead atoms. The minimum atomic E-state index is -0.251. The molecular formula is C22H24N4O2. The number of carbonyl (C=O) groups is 2. The van der Waals surface area contributed by atoms with Crippen molar-refractivity contribution in [3.05, 3.63) is 58.0 Å². The molecule has 144 valence electrons. The number of anilines is 1. The maximum absolute atomic E-state index is 13.0. The summed E-state index contributed by atoms with van der Waals surface area (Å²) in [4.78, 5) is 29.8. The van der Waals surface area contributed by atoms with Crippen LogP contribution in [0.2, 0.25) is 0 Å². The quantitative estimate of drug-likeness (QED) is 0.732. The lowest BCUT2D eigenvalue weighted by molar-refractivity contribution is 0.0908. The van der Waals surface area contributed by atoms with Crippen LogP contribution in [0.25, 0.3) is 5.65 Å². The highest BCUT2D eigenvalue weighted by Gasteiger charge is 2.33. The van der Waals surface area contributed by atoms with Crippen molar-refractivity contribution in [3.8, 4) is 0 Å². The highest BCUT2D eigenvalue weighted by atomic mass is 16.1. The van der Waals surface area contributed by atoms with E-state index < -0.39 is 0 Å². The summed E-state index contributed by atoms with van der Waals surface area (Å²) in [6.45, 7) is 10.1. The van der Waals surface area contributed by atoms with Crippen LogP contribution in [0.15, 0.2) is 24.5 Å². The lowest BCUT2D eigenvalue weighted by Crippen LogP contribution is -2.29. The van der Waals surface area contributed by atoms with Crippen molar-refractivity contribution in [2.75, 3.05) is 5.32 Å². The highest BCUT2D eigenvalue weighted by molar-refractivity contribution is 6.09. The van der Waals surface area contributed by atoms with E-state index in [2.05, 4.69) is 29.2 Å². The van der Waals surface area contributed by atoms with Crippen LogP contribution in [0.5, 0.6) is 0 Å². The van der Waals surface area contributed by atoms with Crippen molar-refractivity contribution >= 4 is 23.0 Å². The first-order valence-electron chi connectivity index (χ1n) is 9.44. The third-order valence-corrected chi connectivity index (χ3v) is 5.37. The Labute approximate surface area is 164 Å². The van der Waals surface area contributed by atoms with E-state index in [9.17, 15) is 9.59 Å². The summed E-state index contributed by atoms with van der Waals surface area (Å²) in [6.07, 6.45) is 4.33. The minimum Gasteiger partial charge on any atom is -0.321 e. The van der Waals surface area contributed by atoms with E-state index in [-0.39, 0.29) is 17.1 Å².